The average Bonchev–Trinajstić information content (AvgIpc) is 2.79. The van der Waals surface area contributed by atoms with Crippen molar-refractivity contribution in [3.05, 3.63) is 87.3 Å². The lowest BCUT2D eigenvalue weighted by Crippen LogP contribution is -2.48. The van der Waals surface area contributed by atoms with E-state index in [2.05, 4.69) is 5.32 Å². The molecule has 7 nitrogen and oxygen atoms in total. The first kappa shape index (κ1) is 24.7. The second-order valence-corrected chi connectivity index (χ2v) is 9.41. The van der Waals surface area contributed by atoms with Crippen molar-refractivity contribution < 1.29 is 24.5 Å². The van der Waals surface area contributed by atoms with Crippen LogP contribution in [0.15, 0.2) is 65.0 Å². The fourth-order valence-corrected chi connectivity index (χ4v) is 4.97. The predicted molar refractivity (Wildman–Crippen MR) is 133 cm³/mol. The molecule has 2 unspecified atom stereocenters. The van der Waals surface area contributed by atoms with E-state index in [4.69, 9.17) is 4.74 Å². The number of allylic oxidation sites excluding steroid dienone is 1. The first-order chi connectivity index (χ1) is 16.7. The maximum absolute atomic E-state index is 13.4. The zero-order chi connectivity index (χ0) is 25.3. The molecule has 0 fully saturated rings. The van der Waals surface area contributed by atoms with Crippen molar-refractivity contribution in [2.45, 2.75) is 39.7 Å². The monoisotopic (exact) mass is 476 g/mol. The van der Waals surface area contributed by atoms with E-state index in [1.807, 2.05) is 68.1 Å². The molecule has 2 aliphatic heterocycles. The number of rotatable bonds is 7. The Morgan fingerprint density at radius 3 is 2.51 bits per heavy atom. The lowest BCUT2D eigenvalue weighted by Gasteiger charge is -2.38. The number of ether oxygens (including phenoxy) is 1. The molecule has 0 amide bonds. The van der Waals surface area contributed by atoms with Gasteiger partial charge in [0.25, 0.3) is 0 Å². The standard InChI is InChI=1S/C28H32N2O5/c1-16-9-7-11-24(18(16)3)35-15-20(31)12-30-13-22-27(23(32)14-30)26(21-10-6-5-8-17(21)2)25(28(33)34)19(4)29-22/h5-11,20,26,29,31H,12-15H2,1-4H3,(H,33,34). The first-order valence-electron chi connectivity index (χ1n) is 11.8. The maximum atomic E-state index is 13.4. The number of carbonyl (C=O) groups is 2. The Labute approximate surface area is 205 Å². The number of carbonyl (C=O) groups excluding carboxylic acids is 1. The quantitative estimate of drug-likeness (QED) is 0.564. The van der Waals surface area contributed by atoms with Gasteiger partial charge in [-0.15, -0.1) is 0 Å². The molecular formula is C28H32N2O5. The summed E-state index contributed by atoms with van der Waals surface area (Å²) in [5.74, 6) is -1.07. The molecule has 2 aromatic carbocycles. The van der Waals surface area contributed by atoms with Crippen LogP contribution in [-0.4, -0.2) is 59.2 Å². The molecule has 0 saturated heterocycles. The summed E-state index contributed by atoms with van der Waals surface area (Å²) < 4.78 is 5.84. The van der Waals surface area contributed by atoms with Gasteiger partial charge in [0, 0.05) is 36.0 Å². The number of hydrogen-bond donors (Lipinski definition) is 3. The number of aliphatic hydroxyl groups excluding tert-OH is 1. The van der Waals surface area contributed by atoms with Crippen molar-refractivity contribution in [3.8, 4) is 5.75 Å². The minimum atomic E-state index is -1.04. The number of carboxylic acid groups (broad SMARTS) is 1. The van der Waals surface area contributed by atoms with Crippen molar-refractivity contribution in [1.29, 1.82) is 0 Å². The number of aliphatic hydroxyl groups is 1. The molecule has 4 rings (SSSR count). The molecule has 35 heavy (non-hydrogen) atoms. The zero-order valence-electron chi connectivity index (χ0n) is 20.6. The normalized spacial score (nSPS) is 19.3. The van der Waals surface area contributed by atoms with E-state index in [1.165, 1.54) is 0 Å². The fourth-order valence-electron chi connectivity index (χ4n) is 4.97. The number of aryl methyl sites for hydroxylation is 2. The van der Waals surface area contributed by atoms with E-state index in [0.29, 0.717) is 23.5 Å². The highest BCUT2D eigenvalue weighted by atomic mass is 16.5. The molecular weight excluding hydrogens is 444 g/mol. The van der Waals surface area contributed by atoms with E-state index >= 15 is 0 Å². The van der Waals surface area contributed by atoms with Crippen LogP contribution < -0.4 is 10.1 Å². The van der Waals surface area contributed by atoms with Gasteiger partial charge in [-0.05, 0) is 56.0 Å². The lowest BCUT2D eigenvalue weighted by molar-refractivity contribution is -0.133. The van der Waals surface area contributed by atoms with Gasteiger partial charge in [0.1, 0.15) is 18.5 Å². The highest BCUT2D eigenvalue weighted by Gasteiger charge is 2.40. The molecule has 0 spiro atoms. The zero-order valence-corrected chi connectivity index (χ0v) is 20.6. The third-order valence-corrected chi connectivity index (χ3v) is 6.88. The molecule has 2 aromatic rings. The van der Waals surface area contributed by atoms with Crippen molar-refractivity contribution in [2.75, 3.05) is 26.2 Å². The van der Waals surface area contributed by atoms with Crippen molar-refractivity contribution in [3.63, 3.8) is 0 Å². The number of benzene rings is 2. The molecule has 0 saturated carbocycles. The van der Waals surface area contributed by atoms with Gasteiger partial charge in [0.2, 0.25) is 0 Å². The molecule has 0 radical (unpaired) electrons. The minimum Gasteiger partial charge on any atom is -0.491 e. The number of dihydropyridines is 1. The molecule has 0 aromatic heterocycles. The van der Waals surface area contributed by atoms with Crippen LogP contribution in [0, 0.1) is 20.8 Å². The van der Waals surface area contributed by atoms with Gasteiger partial charge < -0.3 is 20.3 Å². The topological polar surface area (TPSA) is 99.1 Å². The van der Waals surface area contributed by atoms with Gasteiger partial charge in [0.05, 0.1) is 12.1 Å². The van der Waals surface area contributed by atoms with Crippen molar-refractivity contribution in [2.24, 2.45) is 0 Å². The lowest BCUT2D eigenvalue weighted by atomic mass is 9.76. The molecule has 7 heteroatoms. The summed E-state index contributed by atoms with van der Waals surface area (Å²) in [5, 5.41) is 23.8. The Kier molecular flexibility index (Phi) is 7.10. The average molecular weight is 477 g/mol. The van der Waals surface area contributed by atoms with E-state index in [-0.39, 0.29) is 31.1 Å². The molecule has 0 aliphatic carbocycles. The Bertz CT molecular complexity index is 1230. The van der Waals surface area contributed by atoms with Crippen molar-refractivity contribution in [1.82, 2.24) is 10.2 Å². The van der Waals surface area contributed by atoms with Crippen LogP contribution in [0.3, 0.4) is 0 Å². The number of nitrogens with one attached hydrogen (secondary N) is 1. The summed E-state index contributed by atoms with van der Waals surface area (Å²) in [6, 6.07) is 13.4. The van der Waals surface area contributed by atoms with Crippen LogP contribution in [0.25, 0.3) is 0 Å². The van der Waals surface area contributed by atoms with E-state index in [0.717, 1.165) is 28.0 Å². The van der Waals surface area contributed by atoms with Crippen molar-refractivity contribution >= 4 is 11.8 Å². The second-order valence-electron chi connectivity index (χ2n) is 9.41. The van der Waals surface area contributed by atoms with Gasteiger partial charge in [-0.3, -0.25) is 9.69 Å². The fraction of sp³-hybridized carbons (Fsp3) is 0.357. The minimum absolute atomic E-state index is 0.107. The SMILES string of the molecule is CC1=C(C(=O)O)C(c2ccccc2C)C2=C(CN(CC(O)COc3cccc(C)c3C)CC2=O)N1. The van der Waals surface area contributed by atoms with Crippen LogP contribution >= 0.6 is 0 Å². The Morgan fingerprint density at radius 2 is 1.80 bits per heavy atom. The largest absolute Gasteiger partial charge is 0.491 e. The Hall–Kier alpha value is -3.42. The second kappa shape index (κ2) is 10.1. The van der Waals surface area contributed by atoms with Gasteiger partial charge >= 0.3 is 5.97 Å². The van der Waals surface area contributed by atoms with Gasteiger partial charge in [-0.25, -0.2) is 4.79 Å². The maximum Gasteiger partial charge on any atom is 0.334 e. The molecule has 3 N–H and O–H groups in total. The number of hydrogen-bond acceptors (Lipinski definition) is 6. The third-order valence-electron chi connectivity index (χ3n) is 6.88. The van der Waals surface area contributed by atoms with Gasteiger partial charge in [-0.2, -0.15) is 0 Å². The number of nitrogens with zero attached hydrogens (tertiary/aromatic N) is 1. The summed E-state index contributed by atoms with van der Waals surface area (Å²) in [7, 11) is 0. The predicted octanol–water partition coefficient (Wildman–Crippen LogP) is 3.24. The summed E-state index contributed by atoms with van der Waals surface area (Å²) in [5.41, 5.74) is 5.83. The molecule has 0 bridgehead atoms. The molecule has 2 atom stereocenters. The molecule has 2 heterocycles. The first-order valence-corrected chi connectivity index (χ1v) is 11.8. The number of β-amino-alcohol motifs (C(OH)–C–C–N with tert-alkyl or cyclic N) is 1. The number of carboxylic acids is 1. The highest BCUT2D eigenvalue weighted by Crippen LogP contribution is 2.41. The summed E-state index contributed by atoms with van der Waals surface area (Å²) >= 11 is 0. The molecule has 184 valence electrons. The van der Waals surface area contributed by atoms with E-state index in [9.17, 15) is 19.8 Å². The molecule has 2 aliphatic rings. The Morgan fingerprint density at radius 1 is 1.09 bits per heavy atom. The van der Waals surface area contributed by atoms with Gasteiger partial charge in [-0.1, -0.05) is 36.4 Å². The third kappa shape index (κ3) is 5.01. The van der Waals surface area contributed by atoms with Crippen LogP contribution in [0.1, 0.15) is 35.1 Å². The summed E-state index contributed by atoms with van der Waals surface area (Å²) in [6.07, 6.45) is -0.785. The van der Waals surface area contributed by atoms with Crippen LogP contribution in [-0.2, 0) is 9.59 Å². The number of Topliss-reactive ketones (excluding diaryl/α,β-unsaturated/α-hetero) is 1. The summed E-state index contributed by atoms with van der Waals surface area (Å²) in [4.78, 5) is 27.5. The van der Waals surface area contributed by atoms with Crippen LogP contribution in [0.2, 0.25) is 0 Å². The van der Waals surface area contributed by atoms with E-state index < -0.39 is 18.0 Å². The van der Waals surface area contributed by atoms with E-state index in [1.54, 1.807) is 6.92 Å². The smallest absolute Gasteiger partial charge is 0.334 e. The Balaban J connectivity index is 1.54. The highest BCUT2D eigenvalue weighted by molar-refractivity contribution is 6.04. The summed E-state index contributed by atoms with van der Waals surface area (Å²) in [6.45, 7) is 8.55. The van der Waals surface area contributed by atoms with Crippen LogP contribution in [0.4, 0.5) is 0 Å². The number of aliphatic carboxylic acids is 1. The van der Waals surface area contributed by atoms with Gasteiger partial charge in [0.15, 0.2) is 5.78 Å². The number of ketones is 1. The van der Waals surface area contributed by atoms with Crippen LogP contribution in [0.5, 0.6) is 5.75 Å².